The molecule has 0 bridgehead atoms. The average Bonchev–Trinajstić information content (AvgIpc) is 1.81. The Bertz CT molecular complexity index is 246. The number of rotatable bonds is 4. The van der Waals surface area contributed by atoms with Gasteiger partial charge in [-0.1, -0.05) is 6.92 Å². The Labute approximate surface area is 72.9 Å². The van der Waals surface area contributed by atoms with Gasteiger partial charge in [-0.05, 0) is 11.8 Å². The van der Waals surface area contributed by atoms with Crippen LogP contribution in [0.2, 0.25) is 0 Å². The Morgan fingerprint density at radius 2 is 2.17 bits per heavy atom. The van der Waals surface area contributed by atoms with Gasteiger partial charge in [0.15, 0.2) is 0 Å². The highest BCUT2D eigenvalue weighted by Crippen LogP contribution is 2.24. The molecule has 1 heterocycles. The Balaban J connectivity index is 2.18. The first-order valence-electron chi connectivity index (χ1n) is 3.89. The van der Waals surface area contributed by atoms with Crippen molar-refractivity contribution in [2.75, 3.05) is 19.6 Å². The van der Waals surface area contributed by atoms with E-state index in [0.717, 1.165) is 19.5 Å². The third-order valence-electron chi connectivity index (χ3n) is 2.14. The maximum Gasteiger partial charge on any atom is 0.274 e. The normalized spacial score (nSPS) is 21.8. The fraction of sp³-hybridized carbons (Fsp3) is 1.00. The third kappa shape index (κ3) is 3.06. The van der Waals surface area contributed by atoms with Crippen LogP contribution in [0, 0.1) is 5.41 Å². The lowest BCUT2D eigenvalue weighted by atomic mass is 9.81. The quantitative estimate of drug-likeness (QED) is 0.523. The molecular formula is C6H15N3O2S. The molecule has 0 aromatic rings. The zero-order valence-corrected chi connectivity index (χ0v) is 7.95. The second kappa shape index (κ2) is 3.29. The van der Waals surface area contributed by atoms with Crippen LogP contribution in [-0.2, 0) is 10.2 Å². The lowest BCUT2D eigenvalue weighted by molar-refractivity contribution is 0.182. The van der Waals surface area contributed by atoms with Crippen LogP contribution in [0.5, 0.6) is 0 Å². The van der Waals surface area contributed by atoms with Crippen molar-refractivity contribution >= 4 is 10.2 Å². The number of hydrogen-bond acceptors (Lipinski definition) is 3. The van der Waals surface area contributed by atoms with E-state index in [1.54, 1.807) is 0 Å². The number of nitrogens with two attached hydrogens (primary N) is 1. The van der Waals surface area contributed by atoms with Crippen LogP contribution in [0.3, 0.4) is 0 Å². The molecule has 0 unspecified atom stereocenters. The molecule has 0 aliphatic carbocycles. The number of nitrogens with one attached hydrogen (secondary N) is 2. The summed E-state index contributed by atoms with van der Waals surface area (Å²) in [6, 6.07) is 0. The molecule has 0 spiro atoms. The molecule has 1 aliphatic rings. The third-order valence-corrected chi connectivity index (χ3v) is 2.74. The molecule has 12 heavy (non-hydrogen) atoms. The van der Waals surface area contributed by atoms with E-state index in [0.29, 0.717) is 6.54 Å². The van der Waals surface area contributed by atoms with E-state index in [-0.39, 0.29) is 5.41 Å². The molecular weight excluding hydrogens is 178 g/mol. The van der Waals surface area contributed by atoms with E-state index in [1.807, 2.05) is 0 Å². The van der Waals surface area contributed by atoms with Crippen molar-refractivity contribution in [3.63, 3.8) is 0 Å². The van der Waals surface area contributed by atoms with Crippen molar-refractivity contribution < 1.29 is 8.42 Å². The topological polar surface area (TPSA) is 84.2 Å². The second-order valence-corrected chi connectivity index (χ2v) is 4.98. The minimum atomic E-state index is -3.50. The smallest absolute Gasteiger partial charge is 0.274 e. The van der Waals surface area contributed by atoms with Crippen LogP contribution < -0.4 is 15.2 Å². The molecule has 0 saturated carbocycles. The van der Waals surface area contributed by atoms with E-state index < -0.39 is 10.2 Å². The Hall–Kier alpha value is -0.170. The summed E-state index contributed by atoms with van der Waals surface area (Å²) >= 11 is 0. The second-order valence-electron chi connectivity index (χ2n) is 3.60. The summed E-state index contributed by atoms with van der Waals surface area (Å²) in [5.74, 6) is 0. The van der Waals surface area contributed by atoms with Gasteiger partial charge >= 0.3 is 0 Å². The monoisotopic (exact) mass is 193 g/mol. The predicted octanol–water partition coefficient (Wildman–Crippen LogP) is -1.22. The van der Waals surface area contributed by atoms with Crippen LogP contribution in [0.4, 0.5) is 0 Å². The maximum absolute atomic E-state index is 10.5. The van der Waals surface area contributed by atoms with E-state index in [9.17, 15) is 8.42 Å². The summed E-state index contributed by atoms with van der Waals surface area (Å²) in [6.45, 7) is 4.46. The first-order valence-corrected chi connectivity index (χ1v) is 5.44. The SMILES string of the molecule is CC1(CCNS(N)(=O)=O)CNC1. The molecule has 5 nitrogen and oxygen atoms in total. The molecule has 6 heteroatoms. The fourth-order valence-electron chi connectivity index (χ4n) is 1.22. The van der Waals surface area contributed by atoms with Gasteiger partial charge in [0.25, 0.3) is 10.2 Å². The van der Waals surface area contributed by atoms with Gasteiger partial charge in [-0.3, -0.25) is 0 Å². The lowest BCUT2D eigenvalue weighted by Gasteiger charge is -2.39. The van der Waals surface area contributed by atoms with Gasteiger partial charge in [-0.25, -0.2) is 9.86 Å². The molecule has 0 aromatic carbocycles. The van der Waals surface area contributed by atoms with Crippen molar-refractivity contribution in [2.45, 2.75) is 13.3 Å². The molecule has 0 amide bonds. The molecule has 72 valence electrons. The summed E-state index contributed by atoms with van der Waals surface area (Å²) in [6.07, 6.45) is 0.830. The molecule has 1 aliphatic heterocycles. The van der Waals surface area contributed by atoms with E-state index in [4.69, 9.17) is 5.14 Å². The van der Waals surface area contributed by atoms with Crippen molar-refractivity contribution in [3.8, 4) is 0 Å². The summed E-state index contributed by atoms with van der Waals surface area (Å²) in [5.41, 5.74) is 0.248. The molecule has 1 rings (SSSR count). The van der Waals surface area contributed by atoms with Crippen molar-refractivity contribution in [3.05, 3.63) is 0 Å². The predicted molar refractivity (Wildman–Crippen MR) is 46.7 cm³/mol. The van der Waals surface area contributed by atoms with Crippen LogP contribution in [0.15, 0.2) is 0 Å². The minimum absolute atomic E-state index is 0.248. The fourth-order valence-corrected chi connectivity index (χ4v) is 1.61. The van der Waals surface area contributed by atoms with Crippen LogP contribution in [0.1, 0.15) is 13.3 Å². The van der Waals surface area contributed by atoms with Crippen molar-refractivity contribution in [1.82, 2.24) is 10.0 Å². The Morgan fingerprint density at radius 3 is 2.50 bits per heavy atom. The average molecular weight is 193 g/mol. The summed E-state index contributed by atoms with van der Waals surface area (Å²) < 4.78 is 23.2. The molecule has 0 radical (unpaired) electrons. The molecule has 0 atom stereocenters. The summed E-state index contributed by atoms with van der Waals surface area (Å²) in [4.78, 5) is 0. The first kappa shape index (κ1) is 9.91. The lowest BCUT2D eigenvalue weighted by Crippen LogP contribution is -2.52. The van der Waals surface area contributed by atoms with Gasteiger partial charge in [-0.15, -0.1) is 0 Å². The van der Waals surface area contributed by atoms with Gasteiger partial charge < -0.3 is 5.32 Å². The molecule has 0 aromatic heterocycles. The summed E-state index contributed by atoms with van der Waals surface area (Å²) in [7, 11) is -3.50. The van der Waals surface area contributed by atoms with Crippen LogP contribution in [0.25, 0.3) is 0 Å². The molecule has 1 saturated heterocycles. The maximum atomic E-state index is 10.5. The molecule has 1 fully saturated rings. The Kier molecular flexibility index (Phi) is 2.72. The van der Waals surface area contributed by atoms with E-state index in [2.05, 4.69) is 17.0 Å². The standard InChI is InChI=1S/C6H15N3O2S/c1-6(4-8-5-6)2-3-9-12(7,10)11/h8-9H,2-5H2,1H3,(H2,7,10,11). The zero-order valence-electron chi connectivity index (χ0n) is 7.13. The highest BCUT2D eigenvalue weighted by atomic mass is 32.2. The highest BCUT2D eigenvalue weighted by Gasteiger charge is 2.30. The minimum Gasteiger partial charge on any atom is -0.316 e. The van der Waals surface area contributed by atoms with Gasteiger partial charge in [0, 0.05) is 19.6 Å². The van der Waals surface area contributed by atoms with Crippen LogP contribution >= 0.6 is 0 Å². The van der Waals surface area contributed by atoms with Gasteiger partial charge in [-0.2, -0.15) is 8.42 Å². The highest BCUT2D eigenvalue weighted by molar-refractivity contribution is 7.87. The van der Waals surface area contributed by atoms with Crippen molar-refractivity contribution in [2.24, 2.45) is 10.6 Å². The summed E-state index contributed by atoms with van der Waals surface area (Å²) in [5, 5.41) is 7.91. The van der Waals surface area contributed by atoms with Gasteiger partial charge in [0.05, 0.1) is 0 Å². The zero-order chi connectivity index (χ0) is 9.24. The van der Waals surface area contributed by atoms with Gasteiger partial charge in [0.1, 0.15) is 0 Å². The number of hydrogen-bond donors (Lipinski definition) is 3. The van der Waals surface area contributed by atoms with Crippen LogP contribution in [-0.4, -0.2) is 28.1 Å². The largest absolute Gasteiger partial charge is 0.316 e. The first-order chi connectivity index (χ1) is 5.41. The van der Waals surface area contributed by atoms with E-state index in [1.165, 1.54) is 0 Å². The van der Waals surface area contributed by atoms with E-state index >= 15 is 0 Å². The van der Waals surface area contributed by atoms with Crippen molar-refractivity contribution in [1.29, 1.82) is 0 Å². The Morgan fingerprint density at radius 1 is 1.58 bits per heavy atom. The van der Waals surface area contributed by atoms with Gasteiger partial charge in [0.2, 0.25) is 0 Å². The molecule has 4 N–H and O–H groups in total.